The highest BCUT2D eigenvalue weighted by Gasteiger charge is 2.16. The third-order valence-corrected chi connectivity index (χ3v) is 5.71. The predicted octanol–water partition coefficient (Wildman–Crippen LogP) is 4.03. The Balaban J connectivity index is 1.35. The van der Waals surface area contributed by atoms with Crippen molar-refractivity contribution in [3.8, 4) is 5.69 Å². The molecule has 1 fully saturated rings. The van der Waals surface area contributed by atoms with Gasteiger partial charge in [0.2, 0.25) is 0 Å². The van der Waals surface area contributed by atoms with E-state index in [-0.39, 0.29) is 5.91 Å². The largest absolute Gasteiger partial charge is 0.348 e. The molecular weight excluding hydrogens is 360 g/mol. The first-order chi connectivity index (χ1) is 14.2. The fourth-order valence-corrected chi connectivity index (χ4v) is 3.83. The molecule has 0 radical (unpaired) electrons. The van der Waals surface area contributed by atoms with E-state index in [4.69, 9.17) is 0 Å². The van der Waals surface area contributed by atoms with Gasteiger partial charge in [-0.2, -0.15) is 0 Å². The van der Waals surface area contributed by atoms with Crippen molar-refractivity contribution in [1.82, 2.24) is 19.8 Å². The molecule has 2 aromatic carbocycles. The van der Waals surface area contributed by atoms with Gasteiger partial charge in [-0.3, -0.25) is 9.69 Å². The van der Waals surface area contributed by atoms with Crippen LogP contribution in [-0.2, 0) is 13.1 Å². The first-order valence-corrected chi connectivity index (χ1v) is 10.3. The van der Waals surface area contributed by atoms with Crippen molar-refractivity contribution >= 4 is 5.91 Å². The predicted molar refractivity (Wildman–Crippen MR) is 115 cm³/mol. The van der Waals surface area contributed by atoms with Crippen LogP contribution >= 0.6 is 0 Å². The van der Waals surface area contributed by atoms with Crippen LogP contribution in [0.4, 0.5) is 0 Å². The number of benzene rings is 2. The number of nitrogens with zero attached hydrogens (tertiary/aromatic N) is 3. The summed E-state index contributed by atoms with van der Waals surface area (Å²) in [6.45, 7) is 6.10. The van der Waals surface area contributed by atoms with Crippen LogP contribution in [-0.4, -0.2) is 33.4 Å². The van der Waals surface area contributed by atoms with E-state index in [1.54, 1.807) is 12.5 Å². The van der Waals surface area contributed by atoms with Gasteiger partial charge in [0.1, 0.15) is 0 Å². The average molecular weight is 389 g/mol. The van der Waals surface area contributed by atoms with E-state index in [1.807, 2.05) is 47.2 Å². The Kier molecular flexibility index (Phi) is 6.06. The van der Waals surface area contributed by atoms with Crippen LogP contribution in [0.1, 0.15) is 41.3 Å². The Morgan fingerprint density at radius 3 is 2.59 bits per heavy atom. The summed E-state index contributed by atoms with van der Waals surface area (Å²) in [6, 6.07) is 16.0. The number of aromatic nitrogens is 2. The molecule has 29 heavy (non-hydrogen) atoms. The average Bonchev–Trinajstić information content (AvgIpc) is 3.29. The van der Waals surface area contributed by atoms with Gasteiger partial charge in [0.05, 0.1) is 12.0 Å². The second kappa shape index (κ2) is 9.05. The third-order valence-electron chi connectivity index (χ3n) is 5.71. The Labute approximate surface area is 172 Å². The summed E-state index contributed by atoms with van der Waals surface area (Å²) in [4.78, 5) is 19.2. The van der Waals surface area contributed by atoms with Gasteiger partial charge in [-0.25, -0.2) is 4.98 Å². The molecule has 0 bridgehead atoms. The molecule has 0 spiro atoms. The number of carbonyl (C=O) groups excluding carboxylic acids is 1. The third kappa shape index (κ3) is 4.93. The molecule has 1 aliphatic rings. The minimum Gasteiger partial charge on any atom is -0.348 e. The van der Waals surface area contributed by atoms with Crippen LogP contribution in [0.5, 0.6) is 0 Å². The van der Waals surface area contributed by atoms with Gasteiger partial charge in [-0.1, -0.05) is 37.3 Å². The maximum Gasteiger partial charge on any atom is 0.251 e. The molecule has 1 aliphatic heterocycles. The highest BCUT2D eigenvalue weighted by Crippen LogP contribution is 2.18. The molecule has 5 nitrogen and oxygen atoms in total. The standard InChI is InChI=1S/C24H28N4O/c1-19-10-13-27(14-11-19)17-20-6-8-21(9-7-20)24(29)26-16-22-4-2-3-5-23(22)28-15-12-25-18-28/h2-9,12,15,18-19H,10-11,13-14,16-17H2,1H3,(H,26,29). The van der Waals surface area contributed by atoms with Crippen LogP contribution in [0.15, 0.2) is 67.3 Å². The SMILES string of the molecule is CC1CCN(Cc2ccc(C(=O)NCc3ccccc3-n3ccnc3)cc2)CC1. The highest BCUT2D eigenvalue weighted by molar-refractivity contribution is 5.94. The van der Waals surface area contributed by atoms with Crippen LogP contribution < -0.4 is 5.32 Å². The number of nitrogens with one attached hydrogen (secondary N) is 1. The minimum atomic E-state index is -0.0521. The van der Waals surface area contributed by atoms with Gasteiger partial charge in [-0.05, 0) is 61.2 Å². The first-order valence-electron chi connectivity index (χ1n) is 10.3. The molecule has 1 N–H and O–H groups in total. The van der Waals surface area contributed by atoms with Crippen molar-refractivity contribution < 1.29 is 4.79 Å². The van der Waals surface area contributed by atoms with E-state index < -0.39 is 0 Å². The minimum absolute atomic E-state index is 0.0521. The summed E-state index contributed by atoms with van der Waals surface area (Å²) >= 11 is 0. The quantitative estimate of drug-likeness (QED) is 0.693. The first kappa shape index (κ1) is 19.4. The monoisotopic (exact) mass is 388 g/mol. The lowest BCUT2D eigenvalue weighted by molar-refractivity contribution is 0.0951. The topological polar surface area (TPSA) is 50.2 Å². The summed E-state index contributed by atoms with van der Waals surface area (Å²) in [5.74, 6) is 0.792. The number of carbonyl (C=O) groups is 1. The Hall–Kier alpha value is -2.92. The molecule has 1 aromatic heterocycles. The van der Waals surface area contributed by atoms with E-state index in [1.165, 1.54) is 31.5 Å². The van der Waals surface area contributed by atoms with Crippen LogP contribution in [0.3, 0.4) is 0 Å². The van der Waals surface area contributed by atoms with E-state index in [9.17, 15) is 4.79 Å². The molecule has 0 atom stereocenters. The zero-order valence-electron chi connectivity index (χ0n) is 16.9. The molecule has 0 aliphatic carbocycles. The fourth-order valence-electron chi connectivity index (χ4n) is 3.83. The lowest BCUT2D eigenvalue weighted by Crippen LogP contribution is -2.32. The van der Waals surface area contributed by atoms with E-state index in [0.29, 0.717) is 12.1 Å². The number of para-hydroxylation sites is 1. The van der Waals surface area contributed by atoms with Crippen molar-refractivity contribution in [1.29, 1.82) is 0 Å². The van der Waals surface area contributed by atoms with Crippen LogP contribution in [0.25, 0.3) is 5.69 Å². The number of piperidine rings is 1. The van der Waals surface area contributed by atoms with Crippen LogP contribution in [0, 0.1) is 5.92 Å². The molecular formula is C24H28N4O. The van der Waals surface area contributed by atoms with Crippen molar-refractivity contribution in [2.45, 2.75) is 32.9 Å². The van der Waals surface area contributed by atoms with Crippen molar-refractivity contribution in [2.24, 2.45) is 5.92 Å². The Morgan fingerprint density at radius 2 is 1.86 bits per heavy atom. The molecule has 1 amide bonds. The van der Waals surface area contributed by atoms with Crippen LogP contribution in [0.2, 0.25) is 0 Å². The fraction of sp³-hybridized carbons (Fsp3) is 0.333. The second-order valence-electron chi connectivity index (χ2n) is 7.94. The molecule has 3 aromatic rings. The smallest absolute Gasteiger partial charge is 0.251 e. The summed E-state index contributed by atoms with van der Waals surface area (Å²) in [5, 5.41) is 3.04. The number of hydrogen-bond acceptors (Lipinski definition) is 3. The molecule has 2 heterocycles. The summed E-state index contributed by atoms with van der Waals surface area (Å²) in [6.07, 6.45) is 7.98. The zero-order valence-corrected chi connectivity index (χ0v) is 16.9. The number of hydrogen-bond donors (Lipinski definition) is 1. The van der Waals surface area contributed by atoms with Gasteiger partial charge in [0.15, 0.2) is 0 Å². The van der Waals surface area contributed by atoms with Crippen molar-refractivity contribution in [3.63, 3.8) is 0 Å². The van der Waals surface area contributed by atoms with E-state index >= 15 is 0 Å². The Bertz CT molecular complexity index is 926. The maximum absolute atomic E-state index is 12.6. The van der Waals surface area contributed by atoms with Crippen molar-refractivity contribution in [2.75, 3.05) is 13.1 Å². The summed E-state index contributed by atoms with van der Waals surface area (Å²) < 4.78 is 1.96. The van der Waals surface area contributed by atoms with E-state index in [2.05, 4.69) is 34.3 Å². The molecule has 150 valence electrons. The highest BCUT2D eigenvalue weighted by atomic mass is 16.1. The molecule has 0 saturated carbocycles. The van der Waals surface area contributed by atoms with Crippen molar-refractivity contribution in [3.05, 3.63) is 83.9 Å². The van der Waals surface area contributed by atoms with Gasteiger partial charge in [0.25, 0.3) is 5.91 Å². The number of likely N-dealkylation sites (tertiary alicyclic amines) is 1. The molecule has 0 unspecified atom stereocenters. The van der Waals surface area contributed by atoms with E-state index in [0.717, 1.165) is 23.7 Å². The number of imidazole rings is 1. The van der Waals surface area contributed by atoms with Gasteiger partial charge < -0.3 is 9.88 Å². The zero-order chi connectivity index (χ0) is 20.1. The molecule has 5 heteroatoms. The normalized spacial score (nSPS) is 15.3. The second-order valence-corrected chi connectivity index (χ2v) is 7.94. The number of amides is 1. The van der Waals surface area contributed by atoms with Gasteiger partial charge in [0, 0.05) is 31.0 Å². The lowest BCUT2D eigenvalue weighted by Gasteiger charge is -2.30. The Morgan fingerprint density at radius 1 is 1.10 bits per heavy atom. The van der Waals surface area contributed by atoms with Gasteiger partial charge in [-0.15, -0.1) is 0 Å². The molecule has 4 rings (SSSR count). The van der Waals surface area contributed by atoms with Gasteiger partial charge >= 0.3 is 0 Å². The summed E-state index contributed by atoms with van der Waals surface area (Å²) in [5.41, 5.74) is 4.04. The lowest BCUT2D eigenvalue weighted by atomic mass is 9.99. The molecule has 1 saturated heterocycles. The maximum atomic E-state index is 12.6. The summed E-state index contributed by atoms with van der Waals surface area (Å²) in [7, 11) is 0. The number of rotatable bonds is 6.